The average molecular weight is 427 g/mol. The van der Waals surface area contributed by atoms with Crippen molar-refractivity contribution in [2.75, 3.05) is 19.6 Å². The van der Waals surface area contributed by atoms with Crippen LogP contribution in [-0.4, -0.2) is 51.9 Å². The summed E-state index contributed by atoms with van der Waals surface area (Å²) in [4.78, 5) is 36.1. The predicted molar refractivity (Wildman–Crippen MR) is 119 cm³/mol. The van der Waals surface area contributed by atoms with Gasteiger partial charge in [-0.3, -0.25) is 14.5 Å². The van der Waals surface area contributed by atoms with E-state index in [2.05, 4.69) is 51.2 Å². The van der Waals surface area contributed by atoms with Crippen LogP contribution >= 0.6 is 0 Å². The maximum Gasteiger partial charge on any atom is 0.233 e. The number of carbonyl (C=O) groups excluding carboxylic acids is 2. The molecule has 2 aliphatic carbocycles. The smallest absolute Gasteiger partial charge is 0.233 e. The van der Waals surface area contributed by atoms with E-state index in [9.17, 15) is 9.59 Å². The number of hydrogen-bond acceptors (Lipinski definition) is 4. The van der Waals surface area contributed by atoms with Gasteiger partial charge in [0.15, 0.2) is 5.96 Å². The number of rotatable bonds is 9. The lowest BCUT2D eigenvalue weighted by Gasteiger charge is -2.18. The molecule has 4 rings (SSSR count). The third-order valence-electron chi connectivity index (χ3n) is 6.50. The van der Waals surface area contributed by atoms with Gasteiger partial charge in [-0.05, 0) is 37.5 Å². The van der Waals surface area contributed by atoms with E-state index in [0.29, 0.717) is 32.0 Å². The number of allylic oxidation sites excluding steroid dienone is 2. The molecule has 3 aliphatic rings. The first kappa shape index (κ1) is 21.6. The molecule has 0 spiro atoms. The molecule has 0 radical (unpaired) electrons. The van der Waals surface area contributed by atoms with E-state index in [4.69, 9.17) is 0 Å². The van der Waals surface area contributed by atoms with Gasteiger partial charge in [0.05, 0.1) is 11.8 Å². The van der Waals surface area contributed by atoms with Crippen molar-refractivity contribution in [2.24, 2.45) is 34.6 Å². The summed E-state index contributed by atoms with van der Waals surface area (Å²) >= 11 is 0. The van der Waals surface area contributed by atoms with Crippen molar-refractivity contribution in [1.82, 2.24) is 25.1 Å². The molecule has 0 aromatic carbocycles. The summed E-state index contributed by atoms with van der Waals surface area (Å²) in [7, 11) is 0. The van der Waals surface area contributed by atoms with Gasteiger partial charge in [0.1, 0.15) is 12.4 Å². The highest BCUT2D eigenvalue weighted by Gasteiger charge is 2.58. The Morgan fingerprint density at radius 2 is 1.90 bits per heavy atom. The number of amides is 2. The summed E-state index contributed by atoms with van der Waals surface area (Å²) in [5.74, 6) is 2.59. The number of aromatic nitrogens is 2. The first-order valence-electron chi connectivity index (χ1n) is 11.5. The van der Waals surface area contributed by atoms with Crippen LogP contribution in [0.4, 0.5) is 0 Å². The minimum atomic E-state index is -0.107. The number of imidazole rings is 1. The Labute approximate surface area is 184 Å². The highest BCUT2D eigenvalue weighted by Crippen LogP contribution is 2.52. The van der Waals surface area contributed by atoms with E-state index in [1.54, 1.807) is 0 Å². The normalized spacial score (nSPS) is 27.0. The van der Waals surface area contributed by atoms with Gasteiger partial charge in [-0.25, -0.2) is 9.98 Å². The largest absolute Gasteiger partial charge is 0.357 e. The summed E-state index contributed by atoms with van der Waals surface area (Å²) < 4.78 is 2.14. The average Bonchev–Trinajstić information content (AvgIpc) is 3.50. The molecule has 2 bridgehead atoms. The molecule has 31 heavy (non-hydrogen) atoms. The molecule has 1 aliphatic heterocycles. The quantitative estimate of drug-likeness (QED) is 0.207. The fourth-order valence-corrected chi connectivity index (χ4v) is 5.17. The lowest BCUT2D eigenvalue weighted by atomic mass is 9.85. The minimum absolute atomic E-state index is 0.0319. The number of nitrogens with one attached hydrogen (secondary N) is 2. The van der Waals surface area contributed by atoms with Crippen LogP contribution in [0.2, 0.25) is 0 Å². The van der Waals surface area contributed by atoms with Crippen LogP contribution in [0.1, 0.15) is 39.4 Å². The summed E-state index contributed by atoms with van der Waals surface area (Å²) in [5.41, 5.74) is 0. The lowest BCUT2D eigenvalue weighted by Crippen LogP contribution is -2.40. The van der Waals surface area contributed by atoms with Gasteiger partial charge >= 0.3 is 0 Å². The van der Waals surface area contributed by atoms with Crippen molar-refractivity contribution in [2.45, 2.75) is 46.7 Å². The van der Waals surface area contributed by atoms with Crippen LogP contribution < -0.4 is 10.6 Å². The van der Waals surface area contributed by atoms with Gasteiger partial charge in [0.2, 0.25) is 11.8 Å². The van der Waals surface area contributed by atoms with Crippen molar-refractivity contribution in [1.29, 1.82) is 0 Å². The summed E-state index contributed by atoms with van der Waals surface area (Å²) in [5, 5.41) is 6.57. The molecule has 168 valence electrons. The molecule has 1 saturated heterocycles. The van der Waals surface area contributed by atoms with E-state index in [-0.39, 0.29) is 35.5 Å². The van der Waals surface area contributed by atoms with Gasteiger partial charge in [0, 0.05) is 38.6 Å². The molecule has 1 aromatic heterocycles. The molecular formula is C23H34N6O2. The third kappa shape index (κ3) is 4.38. The number of hydrogen-bond donors (Lipinski definition) is 2. The lowest BCUT2D eigenvalue weighted by molar-refractivity contribution is -0.140. The molecule has 1 aromatic rings. The SMILES string of the molecule is CCNC(=NCc1nccn1CC(C)C)NCCCN1C(=O)C2C3C=CC(C3)C2C1=O. The van der Waals surface area contributed by atoms with Gasteiger partial charge in [-0.1, -0.05) is 26.0 Å². The van der Waals surface area contributed by atoms with Gasteiger partial charge in [-0.2, -0.15) is 0 Å². The van der Waals surface area contributed by atoms with E-state index in [1.165, 1.54) is 4.90 Å². The van der Waals surface area contributed by atoms with E-state index in [0.717, 1.165) is 31.3 Å². The molecule has 4 unspecified atom stereocenters. The monoisotopic (exact) mass is 426 g/mol. The number of aliphatic imine (C=N–C) groups is 1. The van der Waals surface area contributed by atoms with Gasteiger partial charge < -0.3 is 15.2 Å². The highest BCUT2D eigenvalue weighted by molar-refractivity contribution is 6.06. The van der Waals surface area contributed by atoms with Crippen LogP contribution in [0.5, 0.6) is 0 Å². The molecular weight excluding hydrogens is 392 g/mol. The van der Waals surface area contributed by atoms with Crippen LogP contribution in [-0.2, 0) is 22.7 Å². The number of imide groups is 1. The Kier molecular flexibility index (Phi) is 6.43. The molecule has 2 N–H and O–H groups in total. The molecule has 8 nitrogen and oxygen atoms in total. The second-order valence-electron chi connectivity index (χ2n) is 9.19. The van der Waals surface area contributed by atoms with E-state index >= 15 is 0 Å². The topological polar surface area (TPSA) is 91.6 Å². The van der Waals surface area contributed by atoms with Crippen molar-refractivity contribution in [3.05, 3.63) is 30.4 Å². The maximum absolute atomic E-state index is 12.8. The number of carbonyl (C=O) groups is 2. The Morgan fingerprint density at radius 1 is 1.19 bits per heavy atom. The second kappa shape index (κ2) is 9.24. The molecule has 2 fully saturated rings. The molecule has 1 saturated carbocycles. The highest BCUT2D eigenvalue weighted by atomic mass is 16.2. The Morgan fingerprint density at radius 3 is 2.55 bits per heavy atom. The van der Waals surface area contributed by atoms with Crippen molar-refractivity contribution >= 4 is 17.8 Å². The first-order valence-corrected chi connectivity index (χ1v) is 11.5. The van der Waals surface area contributed by atoms with Crippen LogP contribution in [0.3, 0.4) is 0 Å². The Balaban J connectivity index is 1.27. The summed E-state index contributed by atoms with van der Waals surface area (Å²) in [6.45, 7) is 9.68. The number of fused-ring (bicyclic) bond motifs is 5. The number of likely N-dealkylation sites (tertiary alicyclic amines) is 1. The first-order chi connectivity index (χ1) is 15.0. The number of guanidine groups is 1. The third-order valence-corrected chi connectivity index (χ3v) is 6.50. The van der Waals surface area contributed by atoms with Crippen LogP contribution in [0.25, 0.3) is 0 Å². The zero-order chi connectivity index (χ0) is 22.0. The molecule has 2 heterocycles. The standard InChI is InChI=1S/C23H34N6O2/c1-4-24-23(27-13-18-25-9-11-28(18)14-15(2)3)26-8-5-10-29-21(30)19-16-6-7-17(12-16)20(19)22(29)31/h6-7,9,11,15-17,19-20H,4-5,8,10,12-14H2,1-3H3,(H2,24,26,27). The van der Waals surface area contributed by atoms with Crippen LogP contribution in [0.15, 0.2) is 29.5 Å². The molecule has 2 amide bonds. The number of nitrogens with zero attached hydrogens (tertiary/aromatic N) is 4. The predicted octanol–water partition coefficient (Wildman–Crippen LogP) is 1.79. The summed E-state index contributed by atoms with van der Waals surface area (Å²) in [6.07, 6.45) is 9.74. The van der Waals surface area contributed by atoms with E-state index < -0.39 is 0 Å². The minimum Gasteiger partial charge on any atom is -0.357 e. The van der Waals surface area contributed by atoms with Crippen molar-refractivity contribution < 1.29 is 9.59 Å². The van der Waals surface area contributed by atoms with Crippen LogP contribution in [0, 0.1) is 29.6 Å². The maximum atomic E-state index is 12.8. The Hall–Kier alpha value is -2.64. The van der Waals surface area contributed by atoms with E-state index in [1.807, 2.05) is 19.3 Å². The fraction of sp³-hybridized carbons (Fsp3) is 0.652. The second-order valence-corrected chi connectivity index (χ2v) is 9.19. The zero-order valence-corrected chi connectivity index (χ0v) is 18.8. The van der Waals surface area contributed by atoms with Crippen molar-refractivity contribution in [3.8, 4) is 0 Å². The Bertz CT molecular complexity index is 843. The van der Waals surface area contributed by atoms with Gasteiger partial charge in [-0.15, -0.1) is 0 Å². The summed E-state index contributed by atoms with van der Waals surface area (Å²) in [6, 6.07) is 0. The van der Waals surface area contributed by atoms with Crippen molar-refractivity contribution in [3.63, 3.8) is 0 Å². The van der Waals surface area contributed by atoms with Gasteiger partial charge in [0.25, 0.3) is 0 Å². The zero-order valence-electron chi connectivity index (χ0n) is 18.8. The molecule has 4 atom stereocenters. The molecule has 8 heteroatoms. The fourth-order valence-electron chi connectivity index (χ4n) is 5.17.